The number of amides is 1. The van der Waals surface area contributed by atoms with Crippen LogP contribution in [-0.4, -0.2) is 17.0 Å². The molecule has 6 nitrogen and oxygen atoms in total. The first-order valence-corrected chi connectivity index (χ1v) is 7.28. The summed E-state index contributed by atoms with van der Waals surface area (Å²) in [5, 5.41) is 16.2. The number of allylic oxidation sites excluding steroid dienone is 1. The van der Waals surface area contributed by atoms with Gasteiger partial charge in [0.1, 0.15) is 0 Å². The Balaban J connectivity index is 1.79. The molecule has 1 aromatic carbocycles. The molecule has 0 saturated heterocycles. The number of nitrogens with one attached hydrogen (secondary N) is 1. The first-order valence-electron chi connectivity index (χ1n) is 6.40. The summed E-state index contributed by atoms with van der Waals surface area (Å²) in [5.41, 5.74) is 3.28. The smallest absolute Gasteiger partial charge is 0.269 e. The largest absolute Gasteiger partial charge is 0.273 e. The highest BCUT2D eigenvalue weighted by Crippen LogP contribution is 2.12. The summed E-state index contributed by atoms with van der Waals surface area (Å²) in [6.45, 7) is 0. The Kier molecular flexibility index (Phi) is 5.56. The maximum atomic E-state index is 11.5. The Labute approximate surface area is 130 Å². The van der Waals surface area contributed by atoms with Crippen LogP contribution in [-0.2, 0) is 11.2 Å². The minimum Gasteiger partial charge on any atom is -0.273 e. The van der Waals surface area contributed by atoms with Gasteiger partial charge in [0, 0.05) is 23.2 Å². The lowest BCUT2D eigenvalue weighted by Crippen LogP contribution is -2.18. The Hall–Kier alpha value is -2.80. The van der Waals surface area contributed by atoms with Gasteiger partial charge < -0.3 is 0 Å². The lowest BCUT2D eigenvalue weighted by atomic mass is 10.2. The summed E-state index contributed by atoms with van der Waals surface area (Å²) in [7, 11) is 0. The monoisotopic (exact) mass is 315 g/mol. The van der Waals surface area contributed by atoms with E-state index >= 15 is 0 Å². The summed E-state index contributed by atoms with van der Waals surface area (Å²) < 4.78 is 0. The van der Waals surface area contributed by atoms with E-state index in [0.717, 1.165) is 10.4 Å². The highest BCUT2D eigenvalue weighted by Gasteiger charge is 2.02. The first kappa shape index (κ1) is 15.6. The van der Waals surface area contributed by atoms with Crippen LogP contribution in [0, 0.1) is 10.1 Å². The van der Waals surface area contributed by atoms with Crippen LogP contribution in [0.15, 0.2) is 53.0 Å². The Morgan fingerprint density at radius 1 is 1.32 bits per heavy atom. The summed E-state index contributed by atoms with van der Waals surface area (Å²) in [5.74, 6) is -0.178. The molecular formula is C15H13N3O3S. The molecule has 0 radical (unpaired) electrons. The topological polar surface area (TPSA) is 84.6 Å². The van der Waals surface area contributed by atoms with Gasteiger partial charge in [0.15, 0.2) is 0 Å². The number of nitrogens with zero attached hydrogens (tertiary/aromatic N) is 2. The van der Waals surface area contributed by atoms with Crippen molar-refractivity contribution in [2.75, 3.05) is 0 Å². The highest BCUT2D eigenvalue weighted by molar-refractivity contribution is 7.10. The van der Waals surface area contributed by atoms with Crippen LogP contribution in [0.4, 0.5) is 5.69 Å². The maximum absolute atomic E-state index is 11.5. The molecule has 1 heterocycles. The Morgan fingerprint density at radius 3 is 2.73 bits per heavy atom. The number of rotatable bonds is 6. The van der Waals surface area contributed by atoms with Crippen LogP contribution in [0.5, 0.6) is 0 Å². The van der Waals surface area contributed by atoms with Gasteiger partial charge in [0.05, 0.1) is 11.3 Å². The molecule has 0 spiro atoms. The Morgan fingerprint density at radius 2 is 2.09 bits per heavy atom. The molecule has 1 aromatic heterocycles. The fourth-order valence-corrected chi connectivity index (χ4v) is 2.33. The van der Waals surface area contributed by atoms with E-state index in [-0.39, 0.29) is 11.6 Å². The molecule has 2 aromatic rings. The Bertz CT molecular complexity index is 691. The summed E-state index contributed by atoms with van der Waals surface area (Å²) in [6.07, 6.45) is 5.14. The minimum absolute atomic E-state index is 0.0478. The molecule has 0 fully saturated rings. The van der Waals surface area contributed by atoms with Crippen molar-refractivity contribution in [1.29, 1.82) is 0 Å². The van der Waals surface area contributed by atoms with Gasteiger partial charge in [-0.2, -0.15) is 5.10 Å². The van der Waals surface area contributed by atoms with Crippen molar-refractivity contribution in [2.24, 2.45) is 5.10 Å². The number of hydrazone groups is 1. The lowest BCUT2D eigenvalue weighted by Gasteiger charge is -1.96. The molecule has 0 atom stereocenters. The number of carbonyl (C=O) groups is 1. The third-order valence-corrected chi connectivity index (χ3v) is 3.53. The van der Waals surface area contributed by atoms with Crippen LogP contribution in [0.1, 0.15) is 10.4 Å². The van der Waals surface area contributed by atoms with E-state index in [1.54, 1.807) is 24.3 Å². The van der Waals surface area contributed by atoms with Crippen molar-refractivity contribution >= 4 is 35.2 Å². The second kappa shape index (κ2) is 7.84. The van der Waals surface area contributed by atoms with Crippen molar-refractivity contribution in [1.82, 2.24) is 5.43 Å². The molecular weight excluding hydrogens is 302 g/mol. The van der Waals surface area contributed by atoms with Crippen LogP contribution in [0.3, 0.4) is 0 Å². The van der Waals surface area contributed by atoms with E-state index in [4.69, 9.17) is 0 Å². The number of benzene rings is 1. The zero-order valence-corrected chi connectivity index (χ0v) is 12.3. The van der Waals surface area contributed by atoms with Crippen LogP contribution >= 0.6 is 11.3 Å². The fraction of sp³-hybridized carbons (Fsp3) is 0.0667. The molecule has 0 saturated carbocycles. The number of carbonyl (C=O) groups excluding carboxylic acids is 1. The quantitative estimate of drug-likeness (QED) is 0.505. The first-order chi connectivity index (χ1) is 10.6. The SMILES string of the molecule is O=C(Cc1cccs1)N/N=C/C=C/c1ccc([N+](=O)[O-])cc1. The summed E-state index contributed by atoms with van der Waals surface area (Å²) in [4.78, 5) is 22.6. The van der Waals surface area contributed by atoms with E-state index in [1.807, 2.05) is 17.5 Å². The second-order valence-electron chi connectivity index (χ2n) is 4.28. The zero-order valence-electron chi connectivity index (χ0n) is 11.5. The zero-order chi connectivity index (χ0) is 15.8. The van der Waals surface area contributed by atoms with Gasteiger partial charge in [-0.3, -0.25) is 14.9 Å². The number of nitro benzene ring substituents is 1. The van der Waals surface area contributed by atoms with Gasteiger partial charge in [-0.1, -0.05) is 12.1 Å². The number of hydrogen-bond acceptors (Lipinski definition) is 5. The number of nitro groups is 1. The average molecular weight is 315 g/mol. The molecule has 22 heavy (non-hydrogen) atoms. The lowest BCUT2D eigenvalue weighted by molar-refractivity contribution is -0.384. The predicted octanol–water partition coefficient (Wildman–Crippen LogP) is 3.01. The second-order valence-corrected chi connectivity index (χ2v) is 5.31. The van der Waals surface area contributed by atoms with E-state index < -0.39 is 4.92 Å². The van der Waals surface area contributed by atoms with Crippen molar-refractivity contribution < 1.29 is 9.72 Å². The number of non-ortho nitro benzene ring substituents is 1. The molecule has 7 heteroatoms. The molecule has 0 aliphatic carbocycles. The number of hydrogen-bond donors (Lipinski definition) is 1. The molecule has 2 rings (SSSR count). The predicted molar refractivity (Wildman–Crippen MR) is 86.8 cm³/mol. The van der Waals surface area contributed by atoms with E-state index in [9.17, 15) is 14.9 Å². The third-order valence-electron chi connectivity index (χ3n) is 2.66. The standard InChI is InChI=1S/C15H13N3O3S/c19-15(11-14-4-2-10-22-14)17-16-9-1-3-12-5-7-13(8-6-12)18(20)21/h1-10H,11H2,(H,17,19)/b3-1+,16-9+. The van der Waals surface area contributed by atoms with Crippen molar-refractivity contribution in [3.05, 3.63) is 68.4 Å². The molecule has 112 valence electrons. The molecule has 1 N–H and O–H groups in total. The summed E-state index contributed by atoms with van der Waals surface area (Å²) >= 11 is 1.52. The van der Waals surface area contributed by atoms with Gasteiger partial charge in [0.25, 0.3) is 5.69 Å². The maximum Gasteiger partial charge on any atom is 0.269 e. The third kappa shape index (κ3) is 4.95. The summed E-state index contributed by atoms with van der Waals surface area (Å²) in [6, 6.07) is 9.92. The molecule has 0 aliphatic heterocycles. The molecule has 0 bridgehead atoms. The van der Waals surface area contributed by atoms with E-state index in [1.165, 1.54) is 29.7 Å². The highest BCUT2D eigenvalue weighted by atomic mass is 32.1. The minimum atomic E-state index is -0.446. The van der Waals surface area contributed by atoms with Crippen molar-refractivity contribution in [2.45, 2.75) is 6.42 Å². The van der Waals surface area contributed by atoms with E-state index in [0.29, 0.717) is 6.42 Å². The molecule has 0 unspecified atom stereocenters. The van der Waals surface area contributed by atoms with Gasteiger partial charge >= 0.3 is 0 Å². The average Bonchev–Trinajstić information content (AvgIpc) is 3.00. The van der Waals surface area contributed by atoms with E-state index in [2.05, 4.69) is 10.5 Å². The van der Waals surface area contributed by atoms with Gasteiger partial charge in [-0.05, 0) is 35.2 Å². The normalized spacial score (nSPS) is 11.1. The van der Waals surface area contributed by atoms with Crippen LogP contribution in [0.25, 0.3) is 6.08 Å². The van der Waals surface area contributed by atoms with Gasteiger partial charge in [0.2, 0.25) is 5.91 Å². The molecule has 0 aliphatic rings. The van der Waals surface area contributed by atoms with Gasteiger partial charge in [-0.25, -0.2) is 5.43 Å². The van der Waals surface area contributed by atoms with Gasteiger partial charge in [-0.15, -0.1) is 11.3 Å². The van der Waals surface area contributed by atoms with Crippen molar-refractivity contribution in [3.8, 4) is 0 Å². The van der Waals surface area contributed by atoms with Crippen LogP contribution in [0.2, 0.25) is 0 Å². The fourth-order valence-electron chi connectivity index (χ4n) is 1.62. The number of thiophene rings is 1. The molecule has 1 amide bonds. The van der Waals surface area contributed by atoms with Crippen molar-refractivity contribution in [3.63, 3.8) is 0 Å². The van der Waals surface area contributed by atoms with Crippen LogP contribution < -0.4 is 5.43 Å².